The molecule has 1 aliphatic rings. The van der Waals surface area contributed by atoms with E-state index in [1.54, 1.807) is 31.4 Å². The molecule has 4 rings (SSSR count). The average Bonchev–Trinajstić information content (AvgIpc) is 3.26. The number of hydrogen-bond donors (Lipinski definition) is 1. The molecule has 0 radical (unpaired) electrons. The molecule has 0 saturated heterocycles. The summed E-state index contributed by atoms with van der Waals surface area (Å²) in [7, 11) is -2.10. The van der Waals surface area contributed by atoms with Gasteiger partial charge in [-0.05, 0) is 54.8 Å². The minimum atomic E-state index is -3.66. The summed E-state index contributed by atoms with van der Waals surface area (Å²) >= 11 is 0. The van der Waals surface area contributed by atoms with Crippen molar-refractivity contribution in [2.24, 2.45) is 0 Å². The van der Waals surface area contributed by atoms with Gasteiger partial charge in [-0.15, -0.1) is 0 Å². The number of aryl methyl sites for hydroxylation is 2. The third-order valence-corrected chi connectivity index (χ3v) is 6.21. The zero-order valence-corrected chi connectivity index (χ0v) is 16.1. The third kappa shape index (κ3) is 3.30. The number of methoxy groups -OCH3 is 1. The standard InChI is InChI=1S/C20H21N3O3S/c1-14-12-17(9-10-19(14)26-2)27(24,25)22-16-7-5-15(6-8-16)18-13-21-20-4-3-11-23(18)20/h5-10,12-13,22H,3-4,11H2,1-2H3. The zero-order chi connectivity index (χ0) is 19.0. The molecule has 6 nitrogen and oxygen atoms in total. The monoisotopic (exact) mass is 383 g/mol. The third-order valence-electron chi connectivity index (χ3n) is 4.83. The van der Waals surface area contributed by atoms with Gasteiger partial charge >= 0.3 is 0 Å². The van der Waals surface area contributed by atoms with Gasteiger partial charge in [0, 0.05) is 18.7 Å². The van der Waals surface area contributed by atoms with Crippen molar-refractivity contribution < 1.29 is 13.2 Å². The molecular formula is C20H21N3O3S. The number of anilines is 1. The summed E-state index contributed by atoms with van der Waals surface area (Å²) < 4.78 is 35.4. The van der Waals surface area contributed by atoms with Crippen molar-refractivity contribution in [3.8, 4) is 17.0 Å². The van der Waals surface area contributed by atoms with E-state index in [0.717, 1.165) is 42.0 Å². The number of nitrogens with zero attached hydrogens (tertiary/aromatic N) is 2. The van der Waals surface area contributed by atoms with Crippen molar-refractivity contribution in [2.75, 3.05) is 11.8 Å². The van der Waals surface area contributed by atoms with Gasteiger partial charge in [-0.3, -0.25) is 4.72 Å². The Kier molecular flexibility index (Phi) is 4.39. The Morgan fingerprint density at radius 3 is 2.63 bits per heavy atom. The van der Waals surface area contributed by atoms with Crippen LogP contribution >= 0.6 is 0 Å². The molecule has 1 aromatic heterocycles. The number of imidazole rings is 1. The van der Waals surface area contributed by atoms with Gasteiger partial charge in [-0.2, -0.15) is 0 Å². The molecule has 2 aromatic carbocycles. The molecule has 1 N–H and O–H groups in total. The zero-order valence-electron chi connectivity index (χ0n) is 15.3. The molecule has 0 unspecified atom stereocenters. The smallest absolute Gasteiger partial charge is 0.261 e. The number of hydrogen-bond acceptors (Lipinski definition) is 4. The number of rotatable bonds is 5. The number of nitrogens with one attached hydrogen (secondary N) is 1. The molecule has 1 aliphatic heterocycles. The first-order valence-electron chi connectivity index (χ1n) is 8.80. The second kappa shape index (κ2) is 6.74. The van der Waals surface area contributed by atoms with Crippen molar-refractivity contribution >= 4 is 15.7 Å². The fourth-order valence-corrected chi connectivity index (χ4v) is 4.57. The van der Waals surface area contributed by atoms with Crippen LogP contribution in [0.4, 0.5) is 5.69 Å². The van der Waals surface area contributed by atoms with Crippen LogP contribution in [0.1, 0.15) is 17.8 Å². The van der Waals surface area contributed by atoms with Crippen LogP contribution in [-0.2, 0) is 23.0 Å². The van der Waals surface area contributed by atoms with E-state index < -0.39 is 10.0 Å². The summed E-state index contributed by atoms with van der Waals surface area (Å²) in [6.07, 6.45) is 4.02. The number of benzene rings is 2. The maximum atomic E-state index is 12.7. The van der Waals surface area contributed by atoms with Crippen LogP contribution in [0.15, 0.2) is 53.6 Å². The SMILES string of the molecule is COc1ccc(S(=O)(=O)Nc2ccc(-c3cnc4n3CCC4)cc2)cc1C. The quantitative estimate of drug-likeness (QED) is 0.730. The number of sulfonamides is 1. The largest absolute Gasteiger partial charge is 0.496 e. The van der Waals surface area contributed by atoms with Crippen LogP contribution in [0, 0.1) is 6.92 Å². The Morgan fingerprint density at radius 2 is 1.93 bits per heavy atom. The van der Waals surface area contributed by atoms with Crippen LogP contribution in [0.5, 0.6) is 5.75 Å². The van der Waals surface area contributed by atoms with Gasteiger partial charge in [0.25, 0.3) is 10.0 Å². The molecule has 2 heterocycles. The molecule has 0 aliphatic carbocycles. The van der Waals surface area contributed by atoms with E-state index in [9.17, 15) is 8.42 Å². The highest BCUT2D eigenvalue weighted by molar-refractivity contribution is 7.92. The maximum absolute atomic E-state index is 12.7. The highest BCUT2D eigenvalue weighted by Gasteiger charge is 2.18. The van der Waals surface area contributed by atoms with Crippen LogP contribution in [0.25, 0.3) is 11.3 Å². The van der Waals surface area contributed by atoms with Gasteiger partial charge in [0.2, 0.25) is 0 Å². The van der Waals surface area contributed by atoms with Gasteiger partial charge < -0.3 is 9.30 Å². The summed E-state index contributed by atoms with van der Waals surface area (Å²) in [6.45, 7) is 2.80. The first-order chi connectivity index (χ1) is 13.0. The first kappa shape index (κ1) is 17.6. The first-order valence-corrected chi connectivity index (χ1v) is 10.3. The topological polar surface area (TPSA) is 73.2 Å². The van der Waals surface area contributed by atoms with Crippen LogP contribution in [0.3, 0.4) is 0 Å². The van der Waals surface area contributed by atoms with Crippen LogP contribution < -0.4 is 9.46 Å². The van der Waals surface area contributed by atoms with E-state index >= 15 is 0 Å². The van der Waals surface area contributed by atoms with Crippen molar-refractivity contribution in [2.45, 2.75) is 31.2 Å². The van der Waals surface area contributed by atoms with Crippen molar-refractivity contribution in [3.63, 3.8) is 0 Å². The summed E-state index contributed by atoms with van der Waals surface area (Å²) in [5.41, 5.74) is 3.39. The molecule has 0 bridgehead atoms. The average molecular weight is 383 g/mol. The second-order valence-electron chi connectivity index (χ2n) is 6.63. The summed E-state index contributed by atoms with van der Waals surface area (Å²) in [5, 5.41) is 0. The van der Waals surface area contributed by atoms with Crippen LogP contribution in [-0.4, -0.2) is 25.1 Å². The Bertz CT molecular complexity index is 1090. The van der Waals surface area contributed by atoms with Crippen molar-refractivity contribution in [1.82, 2.24) is 9.55 Å². The minimum Gasteiger partial charge on any atom is -0.496 e. The molecule has 27 heavy (non-hydrogen) atoms. The second-order valence-corrected chi connectivity index (χ2v) is 8.31. The highest BCUT2D eigenvalue weighted by atomic mass is 32.2. The molecule has 140 valence electrons. The Morgan fingerprint density at radius 1 is 1.15 bits per heavy atom. The lowest BCUT2D eigenvalue weighted by Crippen LogP contribution is -2.13. The molecule has 0 amide bonds. The van der Waals surface area contributed by atoms with E-state index in [2.05, 4.69) is 14.3 Å². The van der Waals surface area contributed by atoms with E-state index in [-0.39, 0.29) is 4.90 Å². The van der Waals surface area contributed by atoms with Gasteiger partial charge in [-0.1, -0.05) is 12.1 Å². The van der Waals surface area contributed by atoms with E-state index in [0.29, 0.717) is 11.4 Å². The number of ether oxygens (including phenoxy) is 1. The lowest BCUT2D eigenvalue weighted by Gasteiger charge is -2.11. The highest BCUT2D eigenvalue weighted by Crippen LogP contribution is 2.28. The number of fused-ring (bicyclic) bond motifs is 1. The van der Waals surface area contributed by atoms with E-state index in [1.165, 1.54) is 6.07 Å². The van der Waals surface area contributed by atoms with Crippen molar-refractivity contribution in [3.05, 3.63) is 60.0 Å². The lowest BCUT2D eigenvalue weighted by molar-refractivity contribution is 0.411. The summed E-state index contributed by atoms with van der Waals surface area (Å²) in [4.78, 5) is 4.67. The Hall–Kier alpha value is -2.80. The van der Waals surface area contributed by atoms with E-state index in [4.69, 9.17) is 4.74 Å². The molecule has 3 aromatic rings. The molecule has 7 heteroatoms. The van der Waals surface area contributed by atoms with Gasteiger partial charge in [0.1, 0.15) is 11.6 Å². The van der Waals surface area contributed by atoms with Gasteiger partial charge in [-0.25, -0.2) is 13.4 Å². The Labute approximate surface area is 158 Å². The predicted octanol–water partition coefficient (Wildman–Crippen LogP) is 3.61. The predicted molar refractivity (Wildman–Crippen MR) is 105 cm³/mol. The van der Waals surface area contributed by atoms with Gasteiger partial charge in [0.15, 0.2) is 0 Å². The lowest BCUT2D eigenvalue weighted by atomic mass is 10.1. The molecule has 0 fully saturated rings. The summed E-state index contributed by atoms with van der Waals surface area (Å²) in [6, 6.07) is 12.2. The molecule has 0 saturated carbocycles. The fraction of sp³-hybridized carbons (Fsp3) is 0.250. The molecule has 0 atom stereocenters. The molecular weight excluding hydrogens is 362 g/mol. The fourth-order valence-electron chi connectivity index (χ4n) is 3.43. The maximum Gasteiger partial charge on any atom is 0.261 e. The normalized spacial score (nSPS) is 13.4. The summed E-state index contributed by atoms with van der Waals surface area (Å²) in [5.74, 6) is 1.77. The van der Waals surface area contributed by atoms with Crippen LogP contribution in [0.2, 0.25) is 0 Å². The van der Waals surface area contributed by atoms with E-state index in [1.807, 2.05) is 25.3 Å². The van der Waals surface area contributed by atoms with Crippen molar-refractivity contribution in [1.29, 1.82) is 0 Å². The van der Waals surface area contributed by atoms with Gasteiger partial charge in [0.05, 0.1) is 23.9 Å². The Balaban J connectivity index is 1.56. The minimum absolute atomic E-state index is 0.207. The molecule has 0 spiro atoms. The number of aromatic nitrogens is 2.